The van der Waals surface area contributed by atoms with Gasteiger partial charge in [-0.2, -0.15) is 0 Å². The molecule has 2 aliphatic rings. The number of rotatable bonds is 7. The van der Waals surface area contributed by atoms with E-state index in [0.29, 0.717) is 18.1 Å². The van der Waals surface area contributed by atoms with Gasteiger partial charge < -0.3 is 19.9 Å². The van der Waals surface area contributed by atoms with E-state index in [9.17, 15) is 4.79 Å². The molecule has 4 atom stereocenters. The van der Waals surface area contributed by atoms with Crippen LogP contribution in [0.4, 0.5) is 0 Å². The molecule has 2 N–H and O–H groups in total. The number of benzene rings is 1. The SMILES string of the molecule is [2H]C([2H])([2H])Oc1cc2c(cc1OC)C1CC(OC(=O)C([2H])(N)C(C)C)C(CC(C)C)CN1CC2. The van der Waals surface area contributed by atoms with Crippen molar-refractivity contribution in [3.63, 3.8) is 0 Å². The van der Waals surface area contributed by atoms with E-state index >= 15 is 0 Å². The summed E-state index contributed by atoms with van der Waals surface area (Å²) in [5, 5.41) is 0. The highest BCUT2D eigenvalue weighted by atomic mass is 16.5. The molecule has 6 heteroatoms. The Morgan fingerprint density at radius 2 is 2.03 bits per heavy atom. The molecule has 1 saturated heterocycles. The summed E-state index contributed by atoms with van der Waals surface area (Å²) < 4.78 is 47.2. The van der Waals surface area contributed by atoms with E-state index < -0.39 is 19.0 Å². The van der Waals surface area contributed by atoms with Gasteiger partial charge in [-0.05, 0) is 47.9 Å². The van der Waals surface area contributed by atoms with E-state index in [4.69, 9.17) is 25.4 Å². The van der Waals surface area contributed by atoms with Crippen LogP contribution >= 0.6 is 0 Å². The molecule has 6 nitrogen and oxygen atoms in total. The average Bonchev–Trinajstić information content (AvgIpc) is 2.71. The van der Waals surface area contributed by atoms with Gasteiger partial charge in [0.15, 0.2) is 11.5 Å². The molecule has 2 aliphatic heterocycles. The largest absolute Gasteiger partial charge is 0.493 e. The normalized spacial score (nSPS) is 28.3. The van der Waals surface area contributed by atoms with E-state index in [-0.39, 0.29) is 29.7 Å². The number of piperidine rings is 1. The van der Waals surface area contributed by atoms with Gasteiger partial charge in [0.2, 0.25) is 0 Å². The zero-order chi connectivity index (χ0) is 25.4. The molecule has 168 valence electrons. The van der Waals surface area contributed by atoms with Crippen molar-refractivity contribution >= 4 is 5.97 Å². The summed E-state index contributed by atoms with van der Waals surface area (Å²) in [4.78, 5) is 15.3. The number of esters is 1. The van der Waals surface area contributed by atoms with Gasteiger partial charge in [-0.1, -0.05) is 27.7 Å². The quantitative estimate of drug-likeness (QED) is 0.677. The number of methoxy groups -OCH3 is 2. The van der Waals surface area contributed by atoms with E-state index in [1.165, 1.54) is 7.11 Å². The van der Waals surface area contributed by atoms with Crippen LogP contribution in [0.25, 0.3) is 0 Å². The third-order valence-corrected chi connectivity index (χ3v) is 6.34. The highest BCUT2D eigenvalue weighted by Gasteiger charge is 2.41. The zero-order valence-corrected chi connectivity index (χ0v) is 18.7. The summed E-state index contributed by atoms with van der Waals surface area (Å²) in [6.07, 6.45) is 1.88. The second kappa shape index (κ2) is 9.56. The number of nitrogens with two attached hydrogens (primary N) is 1. The van der Waals surface area contributed by atoms with Gasteiger partial charge in [-0.15, -0.1) is 0 Å². The third-order valence-electron chi connectivity index (χ3n) is 6.34. The lowest BCUT2D eigenvalue weighted by Crippen LogP contribution is -2.51. The minimum absolute atomic E-state index is 0.0161. The monoisotopic (exact) mass is 422 g/mol. The van der Waals surface area contributed by atoms with Crippen molar-refractivity contribution in [3.8, 4) is 11.5 Å². The van der Waals surface area contributed by atoms with Crippen LogP contribution in [0.3, 0.4) is 0 Å². The Balaban J connectivity index is 1.92. The number of nitrogens with zero attached hydrogens (tertiary/aromatic N) is 1. The maximum Gasteiger partial charge on any atom is 0.323 e. The van der Waals surface area contributed by atoms with Gasteiger partial charge in [0.25, 0.3) is 0 Å². The molecule has 0 spiro atoms. The molecule has 0 aromatic heterocycles. The van der Waals surface area contributed by atoms with Crippen molar-refractivity contribution in [2.24, 2.45) is 23.5 Å². The molecule has 0 bridgehead atoms. The molecule has 2 heterocycles. The summed E-state index contributed by atoms with van der Waals surface area (Å²) in [5.74, 6) is 0.0736. The first kappa shape index (κ1) is 17.8. The van der Waals surface area contributed by atoms with Crippen molar-refractivity contribution < 1.29 is 24.5 Å². The van der Waals surface area contributed by atoms with Crippen molar-refractivity contribution in [1.29, 1.82) is 0 Å². The first-order valence-electron chi connectivity index (χ1n) is 12.9. The molecule has 0 aliphatic carbocycles. The molecule has 1 fully saturated rings. The first-order valence-corrected chi connectivity index (χ1v) is 10.9. The molecule has 30 heavy (non-hydrogen) atoms. The zero-order valence-electron chi connectivity index (χ0n) is 22.7. The lowest BCUT2D eigenvalue weighted by molar-refractivity contribution is -0.160. The third kappa shape index (κ3) is 4.75. The molecule has 1 aromatic carbocycles. The van der Waals surface area contributed by atoms with Gasteiger partial charge in [0, 0.05) is 31.5 Å². The van der Waals surface area contributed by atoms with Crippen LogP contribution in [-0.4, -0.2) is 50.2 Å². The lowest BCUT2D eigenvalue weighted by atomic mass is 9.79. The van der Waals surface area contributed by atoms with Crippen LogP contribution < -0.4 is 15.2 Å². The number of ether oxygens (including phenoxy) is 3. The number of hydrogen-bond donors (Lipinski definition) is 1. The van der Waals surface area contributed by atoms with Crippen LogP contribution in [0.15, 0.2) is 12.1 Å². The Kier molecular flexibility index (Phi) is 5.69. The smallest absolute Gasteiger partial charge is 0.323 e. The van der Waals surface area contributed by atoms with Gasteiger partial charge in [-0.25, -0.2) is 0 Å². The fourth-order valence-electron chi connectivity index (χ4n) is 4.74. The van der Waals surface area contributed by atoms with Gasteiger partial charge in [0.05, 0.1) is 19.6 Å². The Morgan fingerprint density at radius 1 is 1.30 bits per heavy atom. The fourth-order valence-corrected chi connectivity index (χ4v) is 4.74. The molecule has 0 saturated carbocycles. The van der Waals surface area contributed by atoms with E-state index in [0.717, 1.165) is 37.1 Å². The number of fused-ring (bicyclic) bond motifs is 3. The Morgan fingerprint density at radius 3 is 2.67 bits per heavy atom. The predicted molar refractivity (Wildman–Crippen MR) is 118 cm³/mol. The van der Waals surface area contributed by atoms with E-state index in [1.54, 1.807) is 19.9 Å². The maximum absolute atomic E-state index is 12.9. The van der Waals surface area contributed by atoms with Gasteiger partial charge in [0.1, 0.15) is 12.1 Å². The standard InChI is InChI=1S/C24H38N2O4/c1-14(2)9-17-13-26-8-7-16-10-21(28-5)22(29-6)11-18(16)19(26)12-20(17)30-24(27)23(25)15(3)4/h10-11,14-15,17,19-20,23H,7-9,12-13,25H2,1-6H3/i5D3,23D. The van der Waals surface area contributed by atoms with Crippen molar-refractivity contribution in [2.75, 3.05) is 27.2 Å². The predicted octanol–water partition coefficient (Wildman–Crippen LogP) is 3.56. The average molecular weight is 423 g/mol. The fraction of sp³-hybridized carbons (Fsp3) is 0.708. The Bertz CT molecular complexity index is 888. The summed E-state index contributed by atoms with van der Waals surface area (Å²) in [6.45, 7) is 9.38. The minimum Gasteiger partial charge on any atom is -0.493 e. The Labute approximate surface area is 186 Å². The summed E-state index contributed by atoms with van der Waals surface area (Å²) in [5.41, 5.74) is 8.02. The van der Waals surface area contributed by atoms with Crippen molar-refractivity contribution in [1.82, 2.24) is 4.90 Å². The molecule has 3 rings (SSSR count). The van der Waals surface area contributed by atoms with Crippen LogP contribution in [0.2, 0.25) is 0 Å². The summed E-state index contributed by atoms with van der Waals surface area (Å²) in [6, 6.07) is 1.79. The van der Waals surface area contributed by atoms with Crippen LogP contribution in [-0.2, 0) is 16.0 Å². The van der Waals surface area contributed by atoms with Crippen LogP contribution in [0, 0.1) is 17.8 Å². The first-order chi connectivity index (χ1) is 15.7. The van der Waals surface area contributed by atoms with Gasteiger partial charge >= 0.3 is 5.97 Å². The number of carbonyl (C=O) groups excluding carboxylic acids is 1. The maximum atomic E-state index is 12.9. The van der Waals surface area contributed by atoms with Crippen molar-refractivity contribution in [3.05, 3.63) is 23.3 Å². The molecule has 1 aromatic rings. The highest BCUT2D eigenvalue weighted by Crippen LogP contribution is 2.44. The highest BCUT2D eigenvalue weighted by molar-refractivity contribution is 5.76. The van der Waals surface area contributed by atoms with E-state index in [1.807, 2.05) is 6.07 Å². The molecule has 0 amide bonds. The second-order valence-corrected chi connectivity index (χ2v) is 9.24. The molecular weight excluding hydrogens is 380 g/mol. The minimum atomic E-state index is -2.57. The van der Waals surface area contributed by atoms with Gasteiger partial charge in [-0.3, -0.25) is 9.69 Å². The van der Waals surface area contributed by atoms with Crippen molar-refractivity contribution in [2.45, 2.75) is 65.1 Å². The number of hydrogen-bond acceptors (Lipinski definition) is 6. The second-order valence-electron chi connectivity index (χ2n) is 9.24. The molecule has 4 unspecified atom stereocenters. The lowest BCUT2D eigenvalue weighted by Gasteiger charge is -2.47. The molecule has 0 radical (unpaired) electrons. The topological polar surface area (TPSA) is 74.0 Å². The van der Waals surface area contributed by atoms with E-state index in [2.05, 4.69) is 18.7 Å². The molecular formula is C24H38N2O4. The summed E-state index contributed by atoms with van der Waals surface area (Å²) >= 11 is 0. The summed E-state index contributed by atoms with van der Waals surface area (Å²) in [7, 11) is -1.09. The van der Waals surface area contributed by atoms with Crippen LogP contribution in [0.1, 0.15) is 63.2 Å². The van der Waals surface area contributed by atoms with Crippen LogP contribution in [0.5, 0.6) is 11.5 Å². The number of carbonyl (C=O) groups is 1. The Hall–Kier alpha value is -1.79.